The fourth-order valence-electron chi connectivity index (χ4n) is 1.88. The van der Waals surface area contributed by atoms with Crippen LogP contribution >= 0.6 is 11.3 Å². The Morgan fingerprint density at radius 3 is 2.89 bits per heavy atom. The quantitative estimate of drug-likeness (QED) is 0.667. The number of nitrogens with zero attached hydrogens (tertiary/aromatic N) is 2. The Morgan fingerprint density at radius 2 is 2.32 bits per heavy atom. The van der Waals surface area contributed by atoms with E-state index in [1.165, 1.54) is 11.3 Å². The predicted octanol–water partition coefficient (Wildman–Crippen LogP) is 3.79. The molecule has 0 aliphatic rings. The second kappa shape index (κ2) is 5.79. The van der Waals surface area contributed by atoms with Crippen molar-refractivity contribution in [1.82, 2.24) is 4.98 Å². The van der Waals surface area contributed by atoms with E-state index in [1.54, 1.807) is 17.6 Å². The number of benzene rings is 1. The van der Waals surface area contributed by atoms with E-state index in [4.69, 9.17) is 0 Å². The Morgan fingerprint density at radius 1 is 1.53 bits per heavy atom. The molecular formula is C13H15N3O2S. The summed E-state index contributed by atoms with van der Waals surface area (Å²) in [6.45, 7) is 3.89. The summed E-state index contributed by atoms with van der Waals surface area (Å²) < 4.78 is 0. The van der Waals surface area contributed by atoms with Crippen molar-refractivity contribution in [2.24, 2.45) is 0 Å². The molecule has 1 N–H and O–H groups in total. The molecule has 6 heteroatoms. The van der Waals surface area contributed by atoms with Crippen LogP contribution in [0.5, 0.6) is 0 Å². The molecule has 2 aromatic rings. The molecule has 1 aromatic carbocycles. The highest BCUT2D eigenvalue weighted by molar-refractivity contribution is 7.07. The molecule has 0 saturated heterocycles. The van der Waals surface area contributed by atoms with Gasteiger partial charge in [0, 0.05) is 22.7 Å². The topological polar surface area (TPSA) is 68.1 Å². The molecule has 0 saturated carbocycles. The lowest BCUT2D eigenvalue weighted by Gasteiger charge is -2.13. The van der Waals surface area contributed by atoms with Gasteiger partial charge in [-0.25, -0.2) is 4.98 Å². The second-order valence-electron chi connectivity index (χ2n) is 4.23. The van der Waals surface area contributed by atoms with Crippen LogP contribution in [0.1, 0.15) is 31.1 Å². The van der Waals surface area contributed by atoms with Crippen molar-refractivity contribution < 1.29 is 4.92 Å². The average Bonchev–Trinajstić information content (AvgIpc) is 2.92. The zero-order valence-electron chi connectivity index (χ0n) is 10.8. The summed E-state index contributed by atoms with van der Waals surface area (Å²) in [5.74, 6) is 0. The van der Waals surface area contributed by atoms with Crippen LogP contribution in [-0.4, -0.2) is 9.91 Å². The van der Waals surface area contributed by atoms with Crippen LogP contribution in [0.3, 0.4) is 0 Å². The molecule has 1 aromatic heterocycles. The summed E-state index contributed by atoms with van der Waals surface area (Å²) >= 11 is 1.53. The van der Waals surface area contributed by atoms with E-state index in [9.17, 15) is 10.1 Å². The Bertz CT molecular complexity index is 569. The van der Waals surface area contributed by atoms with E-state index in [1.807, 2.05) is 25.3 Å². The highest BCUT2D eigenvalue weighted by Crippen LogP contribution is 2.26. The number of anilines is 1. The van der Waals surface area contributed by atoms with Gasteiger partial charge in [0.2, 0.25) is 0 Å². The summed E-state index contributed by atoms with van der Waals surface area (Å²) in [7, 11) is 0. The third-order valence-electron chi connectivity index (χ3n) is 2.94. The van der Waals surface area contributed by atoms with E-state index in [0.29, 0.717) is 6.42 Å². The first-order chi connectivity index (χ1) is 9.11. The first kappa shape index (κ1) is 13.5. The van der Waals surface area contributed by atoms with Crippen molar-refractivity contribution in [3.05, 3.63) is 50.5 Å². The Labute approximate surface area is 115 Å². The first-order valence-electron chi connectivity index (χ1n) is 6.03. The lowest BCUT2D eigenvalue weighted by Crippen LogP contribution is -2.07. The minimum absolute atomic E-state index is 0.0262. The standard InChI is InChI=1S/C13H15N3O2S/c1-3-10-4-5-11(6-13(10)16(17)18)15-9(2)12-7-19-8-14-12/h4-9,15H,3H2,1-2H3. The first-order valence-corrected chi connectivity index (χ1v) is 6.98. The summed E-state index contributed by atoms with van der Waals surface area (Å²) in [5, 5.41) is 16.2. The minimum atomic E-state index is -0.336. The van der Waals surface area contributed by atoms with Crippen LogP contribution in [0.15, 0.2) is 29.1 Å². The third kappa shape index (κ3) is 3.08. The van der Waals surface area contributed by atoms with Crippen LogP contribution in [0, 0.1) is 10.1 Å². The van der Waals surface area contributed by atoms with Crippen molar-refractivity contribution in [1.29, 1.82) is 0 Å². The van der Waals surface area contributed by atoms with Gasteiger partial charge in [0.25, 0.3) is 5.69 Å². The lowest BCUT2D eigenvalue weighted by molar-refractivity contribution is -0.385. The molecule has 0 radical (unpaired) electrons. The van der Waals surface area contributed by atoms with Crippen molar-refractivity contribution >= 4 is 22.7 Å². The molecule has 0 aliphatic carbocycles. The fourth-order valence-corrected chi connectivity index (χ4v) is 2.53. The zero-order chi connectivity index (χ0) is 13.8. The monoisotopic (exact) mass is 277 g/mol. The van der Waals surface area contributed by atoms with Gasteiger partial charge in [-0.1, -0.05) is 13.0 Å². The summed E-state index contributed by atoms with van der Waals surface area (Å²) in [5.41, 5.74) is 4.36. The van der Waals surface area contributed by atoms with Crippen LogP contribution < -0.4 is 5.32 Å². The molecule has 0 fully saturated rings. The van der Waals surface area contributed by atoms with Crippen LogP contribution in [-0.2, 0) is 6.42 Å². The van der Waals surface area contributed by atoms with Gasteiger partial charge < -0.3 is 5.32 Å². The fraction of sp³-hybridized carbons (Fsp3) is 0.308. The number of rotatable bonds is 5. The molecule has 19 heavy (non-hydrogen) atoms. The molecule has 2 rings (SSSR count). The Kier molecular flexibility index (Phi) is 4.11. The smallest absolute Gasteiger partial charge is 0.274 e. The molecule has 1 atom stereocenters. The van der Waals surface area contributed by atoms with Gasteiger partial charge in [-0.2, -0.15) is 0 Å². The van der Waals surface area contributed by atoms with E-state index in [-0.39, 0.29) is 16.7 Å². The number of nitrogens with one attached hydrogen (secondary N) is 1. The normalized spacial score (nSPS) is 12.1. The molecule has 1 heterocycles. The maximum absolute atomic E-state index is 11.0. The average molecular weight is 277 g/mol. The summed E-state index contributed by atoms with van der Waals surface area (Å²) in [4.78, 5) is 14.9. The molecule has 5 nitrogen and oxygen atoms in total. The maximum Gasteiger partial charge on any atom is 0.274 e. The second-order valence-corrected chi connectivity index (χ2v) is 4.95. The number of thiazole rings is 1. The van der Waals surface area contributed by atoms with Crippen molar-refractivity contribution in [2.45, 2.75) is 26.3 Å². The van der Waals surface area contributed by atoms with Crippen LogP contribution in [0.25, 0.3) is 0 Å². The van der Waals surface area contributed by atoms with E-state index in [0.717, 1.165) is 16.9 Å². The number of nitro groups is 1. The molecule has 0 aliphatic heterocycles. The molecule has 0 bridgehead atoms. The Balaban J connectivity index is 2.21. The largest absolute Gasteiger partial charge is 0.377 e. The number of nitro benzene ring substituents is 1. The van der Waals surface area contributed by atoms with Crippen molar-refractivity contribution in [3.8, 4) is 0 Å². The van der Waals surface area contributed by atoms with Gasteiger partial charge in [0.15, 0.2) is 0 Å². The zero-order valence-corrected chi connectivity index (χ0v) is 11.6. The van der Waals surface area contributed by atoms with Gasteiger partial charge in [0.1, 0.15) is 0 Å². The minimum Gasteiger partial charge on any atom is -0.377 e. The number of aryl methyl sites for hydroxylation is 1. The number of hydrogen-bond acceptors (Lipinski definition) is 5. The molecule has 0 amide bonds. The SMILES string of the molecule is CCc1ccc(NC(C)c2cscn2)cc1[N+](=O)[O-]. The predicted molar refractivity (Wildman–Crippen MR) is 76.6 cm³/mol. The van der Waals surface area contributed by atoms with Gasteiger partial charge in [-0.3, -0.25) is 10.1 Å². The van der Waals surface area contributed by atoms with Gasteiger partial charge in [0.05, 0.1) is 22.2 Å². The van der Waals surface area contributed by atoms with E-state index < -0.39 is 0 Å². The number of aromatic nitrogens is 1. The number of hydrogen-bond donors (Lipinski definition) is 1. The van der Waals surface area contributed by atoms with Gasteiger partial charge in [-0.15, -0.1) is 11.3 Å². The van der Waals surface area contributed by atoms with Crippen molar-refractivity contribution in [2.75, 3.05) is 5.32 Å². The Hall–Kier alpha value is -1.95. The van der Waals surface area contributed by atoms with Crippen molar-refractivity contribution in [3.63, 3.8) is 0 Å². The molecular weight excluding hydrogens is 262 g/mol. The van der Waals surface area contributed by atoms with E-state index in [2.05, 4.69) is 10.3 Å². The van der Waals surface area contributed by atoms with E-state index >= 15 is 0 Å². The molecule has 0 spiro atoms. The maximum atomic E-state index is 11.0. The third-order valence-corrected chi connectivity index (χ3v) is 3.55. The highest BCUT2D eigenvalue weighted by Gasteiger charge is 2.14. The highest BCUT2D eigenvalue weighted by atomic mass is 32.1. The summed E-state index contributed by atoms with van der Waals surface area (Å²) in [6.07, 6.45) is 0.651. The summed E-state index contributed by atoms with van der Waals surface area (Å²) in [6, 6.07) is 5.28. The van der Waals surface area contributed by atoms with Crippen LogP contribution in [0.4, 0.5) is 11.4 Å². The lowest BCUT2D eigenvalue weighted by atomic mass is 10.1. The van der Waals surface area contributed by atoms with Gasteiger partial charge in [-0.05, 0) is 19.4 Å². The van der Waals surface area contributed by atoms with Crippen LogP contribution in [0.2, 0.25) is 0 Å². The molecule has 100 valence electrons. The van der Waals surface area contributed by atoms with Gasteiger partial charge >= 0.3 is 0 Å². The molecule has 1 unspecified atom stereocenters.